The highest BCUT2D eigenvalue weighted by molar-refractivity contribution is 5.82. The Morgan fingerprint density at radius 3 is 2.88 bits per heavy atom. The van der Waals surface area contributed by atoms with E-state index in [1.54, 1.807) is 0 Å². The first-order valence-corrected chi connectivity index (χ1v) is 5.80. The molecule has 0 bridgehead atoms. The fourth-order valence-corrected chi connectivity index (χ4v) is 2.04. The maximum Gasteiger partial charge on any atom is 0.227 e. The third-order valence-electron chi connectivity index (χ3n) is 3.24. The highest BCUT2D eigenvalue weighted by Gasteiger charge is 2.35. The summed E-state index contributed by atoms with van der Waals surface area (Å²) >= 11 is 0. The molecule has 4 nitrogen and oxygen atoms in total. The molecule has 0 saturated carbocycles. The van der Waals surface area contributed by atoms with Crippen LogP contribution >= 0.6 is 0 Å². The predicted octanol–water partition coefficient (Wildman–Crippen LogP) is 0.604. The molecule has 1 atom stereocenters. The minimum Gasteiger partial charge on any atom is -0.354 e. The lowest BCUT2D eigenvalue weighted by Crippen LogP contribution is -2.41. The topological polar surface area (TPSA) is 46.1 Å². The van der Waals surface area contributed by atoms with E-state index in [4.69, 9.17) is 0 Å². The van der Waals surface area contributed by atoms with Gasteiger partial charge in [0.05, 0.1) is 5.41 Å². The zero-order valence-electron chi connectivity index (χ0n) is 9.70. The molecule has 16 heavy (non-hydrogen) atoms. The fourth-order valence-electron chi connectivity index (χ4n) is 2.04. The van der Waals surface area contributed by atoms with E-state index in [0.717, 1.165) is 26.1 Å². The van der Waals surface area contributed by atoms with Gasteiger partial charge in [0.15, 0.2) is 0 Å². The van der Waals surface area contributed by atoms with Gasteiger partial charge < -0.3 is 15.2 Å². The number of carbonyl (C=O) groups excluding carboxylic acids is 1. The van der Waals surface area contributed by atoms with Gasteiger partial charge in [0.25, 0.3) is 0 Å². The predicted molar refractivity (Wildman–Crippen MR) is 63.0 cm³/mol. The van der Waals surface area contributed by atoms with Crippen molar-refractivity contribution in [3.05, 3.63) is 24.5 Å². The molecule has 0 radical (unpaired) electrons. The van der Waals surface area contributed by atoms with Crippen LogP contribution in [0.5, 0.6) is 0 Å². The molecule has 1 aliphatic heterocycles. The Balaban J connectivity index is 1.75. The number of nitrogens with zero attached hydrogens (tertiary/aromatic N) is 1. The van der Waals surface area contributed by atoms with E-state index in [1.807, 2.05) is 31.5 Å². The zero-order valence-corrected chi connectivity index (χ0v) is 9.70. The fraction of sp³-hybridized carbons (Fsp3) is 0.583. The standard InChI is InChI=1S/C12H19N3O/c1-12(4-5-13-10-12)11(16)14-6-9-15-7-2-3-8-15/h2-3,7-8,13H,4-6,9-10H2,1H3,(H,14,16). The second-order valence-corrected chi connectivity index (χ2v) is 4.66. The van der Waals surface area contributed by atoms with E-state index in [1.165, 1.54) is 0 Å². The van der Waals surface area contributed by atoms with E-state index < -0.39 is 0 Å². The summed E-state index contributed by atoms with van der Waals surface area (Å²) in [7, 11) is 0. The monoisotopic (exact) mass is 221 g/mol. The molecule has 1 saturated heterocycles. The number of rotatable bonds is 4. The van der Waals surface area contributed by atoms with Crippen molar-refractivity contribution >= 4 is 5.91 Å². The van der Waals surface area contributed by atoms with Crippen LogP contribution in [0.2, 0.25) is 0 Å². The maximum atomic E-state index is 11.9. The number of hydrogen-bond acceptors (Lipinski definition) is 2. The molecule has 1 aliphatic rings. The summed E-state index contributed by atoms with van der Waals surface area (Å²) in [5, 5.41) is 6.24. The van der Waals surface area contributed by atoms with Gasteiger partial charge in [-0.2, -0.15) is 0 Å². The molecule has 4 heteroatoms. The molecule has 0 spiro atoms. The Kier molecular flexibility index (Phi) is 3.29. The van der Waals surface area contributed by atoms with Gasteiger partial charge in [-0.1, -0.05) is 0 Å². The SMILES string of the molecule is CC1(C(=O)NCCn2cccc2)CCNC1. The van der Waals surface area contributed by atoms with E-state index >= 15 is 0 Å². The highest BCUT2D eigenvalue weighted by atomic mass is 16.2. The van der Waals surface area contributed by atoms with E-state index in [9.17, 15) is 4.79 Å². The molecular weight excluding hydrogens is 202 g/mol. The van der Waals surface area contributed by atoms with Crippen molar-refractivity contribution in [2.24, 2.45) is 5.41 Å². The number of hydrogen-bond donors (Lipinski definition) is 2. The number of aromatic nitrogens is 1. The van der Waals surface area contributed by atoms with Crippen LogP contribution in [0.15, 0.2) is 24.5 Å². The minimum atomic E-state index is -0.212. The molecule has 1 unspecified atom stereocenters. The summed E-state index contributed by atoms with van der Waals surface area (Å²) in [5.74, 6) is 0.171. The Morgan fingerprint density at radius 2 is 2.25 bits per heavy atom. The molecule has 0 aromatic carbocycles. The molecule has 1 amide bonds. The summed E-state index contributed by atoms with van der Waals surface area (Å²) < 4.78 is 2.06. The minimum absolute atomic E-state index is 0.171. The first-order chi connectivity index (χ1) is 7.71. The van der Waals surface area contributed by atoms with Crippen molar-refractivity contribution < 1.29 is 4.79 Å². The molecule has 1 aromatic heterocycles. The van der Waals surface area contributed by atoms with Gasteiger partial charge in [-0.25, -0.2) is 0 Å². The Labute approximate surface area is 96.0 Å². The number of amides is 1. The Morgan fingerprint density at radius 1 is 1.50 bits per heavy atom. The number of carbonyl (C=O) groups is 1. The summed E-state index contributed by atoms with van der Waals surface area (Å²) in [5.41, 5.74) is -0.212. The first kappa shape index (κ1) is 11.2. The summed E-state index contributed by atoms with van der Waals surface area (Å²) in [6, 6.07) is 3.98. The second-order valence-electron chi connectivity index (χ2n) is 4.66. The quantitative estimate of drug-likeness (QED) is 0.782. The van der Waals surface area contributed by atoms with E-state index in [0.29, 0.717) is 6.54 Å². The third kappa shape index (κ3) is 2.44. The van der Waals surface area contributed by atoms with Gasteiger partial charge in [0, 0.05) is 32.0 Å². The van der Waals surface area contributed by atoms with Gasteiger partial charge in [0.2, 0.25) is 5.91 Å². The molecular formula is C12H19N3O. The van der Waals surface area contributed by atoms with Crippen molar-refractivity contribution in [1.29, 1.82) is 0 Å². The summed E-state index contributed by atoms with van der Waals surface area (Å²) in [6.45, 7) is 5.30. The van der Waals surface area contributed by atoms with Crippen LogP contribution < -0.4 is 10.6 Å². The van der Waals surface area contributed by atoms with Crippen LogP contribution in [0.25, 0.3) is 0 Å². The van der Waals surface area contributed by atoms with Crippen molar-refractivity contribution in [2.75, 3.05) is 19.6 Å². The van der Waals surface area contributed by atoms with Crippen LogP contribution in [0.3, 0.4) is 0 Å². The third-order valence-corrected chi connectivity index (χ3v) is 3.24. The normalized spacial score (nSPS) is 24.6. The average molecular weight is 221 g/mol. The lowest BCUT2D eigenvalue weighted by Gasteiger charge is -2.21. The average Bonchev–Trinajstić information content (AvgIpc) is 2.90. The smallest absolute Gasteiger partial charge is 0.227 e. The van der Waals surface area contributed by atoms with Crippen molar-refractivity contribution in [3.8, 4) is 0 Å². The second kappa shape index (κ2) is 4.70. The van der Waals surface area contributed by atoms with Crippen molar-refractivity contribution in [1.82, 2.24) is 15.2 Å². The number of nitrogens with one attached hydrogen (secondary N) is 2. The molecule has 2 rings (SSSR count). The van der Waals surface area contributed by atoms with Gasteiger partial charge >= 0.3 is 0 Å². The Bertz CT molecular complexity index is 339. The van der Waals surface area contributed by atoms with Crippen molar-refractivity contribution in [2.45, 2.75) is 19.9 Å². The lowest BCUT2D eigenvalue weighted by molar-refractivity contribution is -0.129. The molecule has 88 valence electrons. The van der Waals surface area contributed by atoms with Crippen LogP contribution in [-0.2, 0) is 11.3 Å². The summed E-state index contributed by atoms with van der Waals surface area (Å²) in [6.07, 6.45) is 4.94. The van der Waals surface area contributed by atoms with Gasteiger partial charge in [0.1, 0.15) is 0 Å². The van der Waals surface area contributed by atoms with Crippen LogP contribution in [-0.4, -0.2) is 30.1 Å². The zero-order chi connectivity index (χ0) is 11.4. The van der Waals surface area contributed by atoms with Gasteiger partial charge in [-0.05, 0) is 32.0 Å². The first-order valence-electron chi connectivity index (χ1n) is 5.80. The summed E-state index contributed by atoms with van der Waals surface area (Å²) in [4.78, 5) is 11.9. The molecule has 0 aliphatic carbocycles. The molecule has 2 N–H and O–H groups in total. The molecule has 1 fully saturated rings. The van der Waals surface area contributed by atoms with Crippen LogP contribution in [0.1, 0.15) is 13.3 Å². The van der Waals surface area contributed by atoms with Crippen LogP contribution in [0.4, 0.5) is 0 Å². The van der Waals surface area contributed by atoms with E-state index in [-0.39, 0.29) is 11.3 Å². The highest BCUT2D eigenvalue weighted by Crippen LogP contribution is 2.24. The Hall–Kier alpha value is -1.29. The van der Waals surface area contributed by atoms with Crippen molar-refractivity contribution in [3.63, 3.8) is 0 Å². The van der Waals surface area contributed by atoms with Gasteiger partial charge in [-0.15, -0.1) is 0 Å². The maximum absolute atomic E-state index is 11.9. The lowest BCUT2D eigenvalue weighted by atomic mass is 9.89. The van der Waals surface area contributed by atoms with Gasteiger partial charge in [-0.3, -0.25) is 4.79 Å². The van der Waals surface area contributed by atoms with E-state index in [2.05, 4.69) is 15.2 Å². The largest absolute Gasteiger partial charge is 0.354 e. The van der Waals surface area contributed by atoms with Crippen LogP contribution in [0, 0.1) is 5.41 Å². The molecule has 1 aromatic rings. The molecule has 2 heterocycles.